The van der Waals surface area contributed by atoms with Crippen LogP contribution in [0.5, 0.6) is 0 Å². The molecule has 0 radical (unpaired) electrons. The molecule has 3 heteroatoms. The first-order chi connectivity index (χ1) is 9.66. The second-order valence-corrected chi connectivity index (χ2v) is 5.67. The normalized spacial score (nSPS) is 14.2. The molecule has 0 saturated heterocycles. The molecule has 1 heterocycles. The average Bonchev–Trinajstić information content (AvgIpc) is 2.42. The number of ether oxygens (including phenoxy) is 1. The Bertz CT molecular complexity index is 456. The fourth-order valence-corrected chi connectivity index (χ4v) is 2.57. The van der Waals surface area contributed by atoms with Gasteiger partial charge in [-0.15, -0.1) is 0 Å². The Labute approximate surface area is 122 Å². The number of nitrogens with zero attached hydrogens (tertiary/aromatic N) is 1. The van der Waals surface area contributed by atoms with Gasteiger partial charge in [0, 0.05) is 32.4 Å². The summed E-state index contributed by atoms with van der Waals surface area (Å²) in [5.41, 5.74) is 5.31. The smallest absolute Gasteiger partial charge is 0.0672 e. The minimum Gasteiger partial charge on any atom is -0.376 e. The monoisotopic (exact) mass is 274 g/mol. The molecule has 0 aromatic heterocycles. The van der Waals surface area contributed by atoms with Crippen LogP contribution in [-0.4, -0.2) is 33.4 Å². The van der Waals surface area contributed by atoms with Gasteiger partial charge in [0.15, 0.2) is 0 Å². The molecule has 0 aliphatic carbocycles. The summed E-state index contributed by atoms with van der Waals surface area (Å²) in [6.45, 7) is 10.2. The van der Waals surface area contributed by atoms with Crippen molar-refractivity contribution in [3.8, 4) is 0 Å². The average molecular weight is 274 g/mol. The molecular weight excluding hydrogens is 248 g/mol. The fraction of sp³-hybridized carbons (Fsp3) is 0.529. The number of rotatable bonds is 7. The molecule has 110 valence electrons. The van der Waals surface area contributed by atoms with Crippen LogP contribution in [0.25, 0.3) is 0 Å². The number of fused-ring (bicyclic) bond motifs is 1. The van der Waals surface area contributed by atoms with Crippen molar-refractivity contribution < 1.29 is 4.74 Å². The number of hydrogen-bond acceptors (Lipinski definition) is 3. The zero-order valence-corrected chi connectivity index (χ0v) is 12.7. The molecule has 3 nitrogen and oxygen atoms in total. The van der Waals surface area contributed by atoms with Crippen LogP contribution in [0.4, 0.5) is 5.69 Å². The van der Waals surface area contributed by atoms with Gasteiger partial charge in [0.05, 0.1) is 13.2 Å². The van der Waals surface area contributed by atoms with Gasteiger partial charge in [-0.2, -0.15) is 0 Å². The van der Waals surface area contributed by atoms with Crippen LogP contribution in [0.1, 0.15) is 24.5 Å². The van der Waals surface area contributed by atoms with Gasteiger partial charge >= 0.3 is 0 Å². The molecule has 1 N–H and O–H groups in total. The van der Waals surface area contributed by atoms with Crippen LogP contribution in [-0.2, 0) is 17.7 Å². The van der Waals surface area contributed by atoms with Gasteiger partial charge in [0.1, 0.15) is 0 Å². The highest BCUT2D eigenvalue weighted by Gasteiger charge is 2.13. The zero-order chi connectivity index (χ0) is 14.4. The summed E-state index contributed by atoms with van der Waals surface area (Å²) in [4.78, 5) is 2.35. The predicted molar refractivity (Wildman–Crippen MR) is 85.4 cm³/mol. The summed E-state index contributed by atoms with van der Waals surface area (Å²) < 4.78 is 5.47. The first kappa shape index (κ1) is 15.1. The number of hydrogen-bond donors (Lipinski definition) is 1. The quantitative estimate of drug-likeness (QED) is 0.611. The van der Waals surface area contributed by atoms with E-state index in [0.29, 0.717) is 6.61 Å². The second-order valence-electron chi connectivity index (χ2n) is 5.67. The molecule has 0 unspecified atom stereocenters. The third-order valence-electron chi connectivity index (χ3n) is 3.60. The first-order valence-electron chi connectivity index (χ1n) is 7.42. The maximum absolute atomic E-state index is 5.47. The highest BCUT2D eigenvalue weighted by Crippen LogP contribution is 2.26. The maximum Gasteiger partial charge on any atom is 0.0672 e. The van der Waals surface area contributed by atoms with Crippen molar-refractivity contribution >= 4 is 5.69 Å². The lowest BCUT2D eigenvalue weighted by Gasteiger charge is -2.27. The van der Waals surface area contributed by atoms with E-state index in [9.17, 15) is 0 Å². The van der Waals surface area contributed by atoms with Gasteiger partial charge in [0.2, 0.25) is 0 Å². The van der Waals surface area contributed by atoms with E-state index in [1.807, 2.05) is 6.92 Å². The van der Waals surface area contributed by atoms with E-state index in [1.54, 1.807) is 0 Å². The minimum atomic E-state index is 0.660. The Balaban J connectivity index is 1.75. The van der Waals surface area contributed by atoms with Gasteiger partial charge in [-0.05, 0) is 37.0 Å². The van der Waals surface area contributed by atoms with Crippen molar-refractivity contribution in [2.45, 2.75) is 26.3 Å². The Morgan fingerprint density at radius 2 is 2.30 bits per heavy atom. The summed E-state index contributed by atoms with van der Waals surface area (Å²) >= 11 is 0. The second kappa shape index (κ2) is 7.46. The summed E-state index contributed by atoms with van der Waals surface area (Å²) in [6.07, 6.45) is 2.46. The molecule has 20 heavy (non-hydrogen) atoms. The van der Waals surface area contributed by atoms with Gasteiger partial charge < -0.3 is 15.0 Å². The molecule has 0 bridgehead atoms. The highest BCUT2D eigenvalue weighted by atomic mass is 16.5. The topological polar surface area (TPSA) is 24.5 Å². The van der Waals surface area contributed by atoms with Gasteiger partial charge in [0.25, 0.3) is 0 Å². The van der Waals surface area contributed by atoms with E-state index in [0.717, 1.165) is 25.3 Å². The predicted octanol–water partition coefficient (Wildman–Crippen LogP) is 2.75. The van der Waals surface area contributed by atoms with Crippen molar-refractivity contribution in [2.24, 2.45) is 0 Å². The third-order valence-corrected chi connectivity index (χ3v) is 3.60. The summed E-state index contributed by atoms with van der Waals surface area (Å²) in [5.74, 6) is 0. The number of anilines is 1. The SMILES string of the molecule is C=C(C)COCCNCc1ccc2c(c1)CCCN2C. The molecule has 0 spiro atoms. The highest BCUT2D eigenvalue weighted by molar-refractivity contribution is 5.56. The minimum absolute atomic E-state index is 0.660. The van der Waals surface area contributed by atoms with E-state index in [-0.39, 0.29) is 0 Å². The lowest BCUT2D eigenvalue weighted by molar-refractivity contribution is 0.158. The standard InChI is InChI=1S/C17H26N2O/c1-14(2)13-20-10-8-18-12-15-6-7-17-16(11-15)5-4-9-19(17)3/h6-7,11,18H,1,4-5,8-10,12-13H2,2-3H3. The molecular formula is C17H26N2O. The lowest BCUT2D eigenvalue weighted by atomic mass is 9.99. The van der Waals surface area contributed by atoms with Gasteiger partial charge in [-0.1, -0.05) is 24.3 Å². The molecule has 2 rings (SSSR count). The lowest BCUT2D eigenvalue weighted by Crippen LogP contribution is -2.25. The largest absolute Gasteiger partial charge is 0.376 e. The molecule has 0 fully saturated rings. The Morgan fingerprint density at radius 3 is 3.10 bits per heavy atom. The van der Waals surface area contributed by atoms with Crippen LogP contribution in [0.3, 0.4) is 0 Å². The molecule has 1 aromatic carbocycles. The van der Waals surface area contributed by atoms with Crippen LogP contribution in [0, 0.1) is 0 Å². The molecule has 0 saturated carbocycles. The summed E-state index contributed by atoms with van der Waals surface area (Å²) in [5, 5.41) is 3.43. The van der Waals surface area contributed by atoms with Crippen LogP contribution < -0.4 is 10.2 Å². The van der Waals surface area contributed by atoms with E-state index in [1.165, 1.54) is 36.2 Å². The first-order valence-corrected chi connectivity index (χ1v) is 7.42. The van der Waals surface area contributed by atoms with Crippen molar-refractivity contribution in [1.82, 2.24) is 5.32 Å². The Kier molecular flexibility index (Phi) is 5.62. The van der Waals surface area contributed by atoms with Crippen LogP contribution in [0.2, 0.25) is 0 Å². The van der Waals surface area contributed by atoms with E-state index < -0.39 is 0 Å². The summed E-state index contributed by atoms with van der Waals surface area (Å²) in [7, 11) is 2.18. The van der Waals surface area contributed by atoms with E-state index in [2.05, 4.69) is 42.0 Å². The van der Waals surface area contributed by atoms with Gasteiger partial charge in [-0.25, -0.2) is 0 Å². The molecule has 1 aliphatic heterocycles. The van der Waals surface area contributed by atoms with E-state index in [4.69, 9.17) is 4.74 Å². The van der Waals surface area contributed by atoms with Crippen molar-refractivity contribution in [3.63, 3.8) is 0 Å². The van der Waals surface area contributed by atoms with Crippen molar-refractivity contribution in [1.29, 1.82) is 0 Å². The molecule has 1 aliphatic rings. The molecule has 0 amide bonds. The summed E-state index contributed by atoms with van der Waals surface area (Å²) in [6, 6.07) is 6.82. The molecule has 1 aromatic rings. The van der Waals surface area contributed by atoms with Crippen molar-refractivity contribution in [3.05, 3.63) is 41.5 Å². The Morgan fingerprint density at radius 1 is 1.45 bits per heavy atom. The zero-order valence-electron chi connectivity index (χ0n) is 12.7. The third kappa shape index (κ3) is 4.36. The fourth-order valence-electron chi connectivity index (χ4n) is 2.57. The maximum atomic E-state index is 5.47. The number of aryl methyl sites for hydroxylation is 1. The van der Waals surface area contributed by atoms with Gasteiger partial charge in [-0.3, -0.25) is 0 Å². The number of benzene rings is 1. The van der Waals surface area contributed by atoms with Crippen LogP contribution in [0.15, 0.2) is 30.4 Å². The number of nitrogens with one attached hydrogen (secondary N) is 1. The Hall–Kier alpha value is -1.32. The van der Waals surface area contributed by atoms with E-state index >= 15 is 0 Å². The molecule has 0 atom stereocenters. The van der Waals surface area contributed by atoms with Crippen LogP contribution >= 0.6 is 0 Å². The van der Waals surface area contributed by atoms with Crippen molar-refractivity contribution in [2.75, 3.05) is 38.3 Å².